The van der Waals surface area contributed by atoms with E-state index in [0.29, 0.717) is 32.3 Å². The van der Waals surface area contributed by atoms with E-state index in [-0.39, 0.29) is 5.88 Å². The number of hydrogen-bond donors (Lipinski definition) is 2. The molecule has 0 unspecified atom stereocenters. The van der Waals surface area contributed by atoms with Crippen molar-refractivity contribution in [3.8, 4) is 33.9 Å². The average Bonchev–Trinajstić information content (AvgIpc) is 3.53. The van der Waals surface area contributed by atoms with Crippen LogP contribution in [0.15, 0.2) is 77.4 Å². The van der Waals surface area contributed by atoms with Crippen LogP contribution in [0.25, 0.3) is 43.4 Å². The van der Waals surface area contributed by atoms with Gasteiger partial charge in [-0.15, -0.1) is 11.3 Å². The van der Waals surface area contributed by atoms with Crippen molar-refractivity contribution in [2.45, 2.75) is 0 Å². The van der Waals surface area contributed by atoms with Crippen LogP contribution >= 0.6 is 11.3 Å². The monoisotopic (exact) mass is 538 g/mol. The van der Waals surface area contributed by atoms with Crippen molar-refractivity contribution in [2.75, 3.05) is 25.3 Å². The molecule has 0 fully saturated rings. The number of pyridine rings is 1. The Kier molecular flexibility index (Phi) is 6.08. The molecule has 10 heteroatoms. The predicted molar refractivity (Wildman–Crippen MR) is 151 cm³/mol. The maximum Gasteiger partial charge on any atom is 0.302 e. The van der Waals surface area contributed by atoms with Gasteiger partial charge in [0.15, 0.2) is 12.3 Å². The van der Waals surface area contributed by atoms with Crippen molar-refractivity contribution in [3.63, 3.8) is 0 Å². The van der Waals surface area contributed by atoms with Gasteiger partial charge in [-0.05, 0) is 34.5 Å². The molecule has 3 aromatic heterocycles. The summed E-state index contributed by atoms with van der Waals surface area (Å²) in [5.74, 6) is 1.07. The van der Waals surface area contributed by atoms with E-state index in [1.807, 2.05) is 48.5 Å². The van der Waals surface area contributed by atoms with Crippen LogP contribution in [0.2, 0.25) is 0 Å². The van der Waals surface area contributed by atoms with Crippen molar-refractivity contribution >= 4 is 49.8 Å². The highest BCUT2D eigenvalue weighted by atomic mass is 32.1. The summed E-state index contributed by atoms with van der Waals surface area (Å²) < 4.78 is 17.7. The highest BCUT2D eigenvalue weighted by Crippen LogP contribution is 2.45. The number of carbonyl (C=O) groups is 1. The van der Waals surface area contributed by atoms with Crippen LogP contribution in [-0.2, 0) is 7.05 Å². The molecule has 0 aliphatic rings. The first kappa shape index (κ1) is 24.4. The summed E-state index contributed by atoms with van der Waals surface area (Å²) in [6.07, 6.45) is 1.56. The molecular formula is C29H24N5O4S+. The maximum absolute atomic E-state index is 13.3. The lowest BCUT2D eigenvalue weighted by Crippen LogP contribution is -2.28. The van der Waals surface area contributed by atoms with Crippen LogP contribution in [0.4, 0.5) is 11.6 Å². The Hall–Kier alpha value is -4.96. The Morgan fingerprint density at radius 2 is 1.82 bits per heavy atom. The van der Waals surface area contributed by atoms with Crippen LogP contribution < -0.4 is 25.2 Å². The third-order valence-electron chi connectivity index (χ3n) is 6.48. The molecule has 39 heavy (non-hydrogen) atoms. The molecule has 0 bridgehead atoms. The number of anilines is 2. The fourth-order valence-electron chi connectivity index (χ4n) is 4.66. The average molecular weight is 539 g/mol. The number of aryl methyl sites for hydroxylation is 1. The third kappa shape index (κ3) is 4.30. The van der Waals surface area contributed by atoms with Crippen molar-refractivity contribution in [1.82, 2.24) is 10.3 Å². The molecule has 6 rings (SSSR count). The molecule has 3 aromatic carbocycles. The largest absolute Gasteiger partial charge is 0.497 e. The first-order valence-corrected chi connectivity index (χ1v) is 12.9. The van der Waals surface area contributed by atoms with Crippen molar-refractivity contribution in [1.29, 1.82) is 0 Å². The van der Waals surface area contributed by atoms with Gasteiger partial charge in [0.2, 0.25) is 0 Å². The first-order valence-electron chi connectivity index (χ1n) is 12.0. The molecule has 6 aromatic rings. The summed E-state index contributed by atoms with van der Waals surface area (Å²) in [4.78, 5) is 19.2. The molecule has 0 saturated carbocycles. The minimum Gasteiger partial charge on any atom is -0.497 e. The van der Waals surface area contributed by atoms with E-state index in [9.17, 15) is 4.79 Å². The van der Waals surface area contributed by atoms with Gasteiger partial charge in [-0.1, -0.05) is 47.1 Å². The number of fused-ring (bicyclic) bond motifs is 2. The zero-order valence-corrected chi connectivity index (χ0v) is 22.2. The van der Waals surface area contributed by atoms with E-state index in [1.165, 1.54) is 16.0 Å². The lowest BCUT2D eigenvalue weighted by Gasteiger charge is -2.14. The number of rotatable bonds is 6. The minimum atomic E-state index is -0.411. The van der Waals surface area contributed by atoms with Gasteiger partial charge in [-0.3, -0.25) is 14.6 Å². The topological polar surface area (TPSA) is 116 Å². The van der Waals surface area contributed by atoms with Crippen molar-refractivity contribution < 1.29 is 23.5 Å². The molecule has 0 atom stereocenters. The number of carbonyl (C=O) groups excluding carboxylic acids is 1. The second kappa shape index (κ2) is 9.73. The van der Waals surface area contributed by atoms with Crippen LogP contribution in [0, 0.1) is 0 Å². The van der Waals surface area contributed by atoms with Gasteiger partial charge in [0.25, 0.3) is 12.1 Å². The number of benzene rings is 3. The van der Waals surface area contributed by atoms with Gasteiger partial charge >= 0.3 is 5.88 Å². The van der Waals surface area contributed by atoms with Gasteiger partial charge in [-0.25, -0.2) is 4.98 Å². The van der Waals surface area contributed by atoms with Gasteiger partial charge in [0.05, 0.1) is 25.6 Å². The lowest BCUT2D eigenvalue weighted by atomic mass is 9.96. The molecule has 194 valence electrons. The molecule has 3 N–H and O–H groups in total. The first-order chi connectivity index (χ1) is 19.0. The lowest BCUT2D eigenvalue weighted by molar-refractivity contribution is -0.739. The second-order valence-corrected chi connectivity index (χ2v) is 9.87. The van der Waals surface area contributed by atoms with E-state index < -0.39 is 5.91 Å². The SMILES string of the molecule is COc1ccc(-c2cc(-c3cccc4ccccc34)nc3sc(C(=O)Nc4c[n+](C)no4)c(N)c23)c(OC)c1. The summed E-state index contributed by atoms with van der Waals surface area (Å²) in [7, 11) is 4.91. The number of nitrogens with one attached hydrogen (secondary N) is 1. The molecule has 0 radical (unpaired) electrons. The molecular weight excluding hydrogens is 514 g/mol. The number of nitrogens with two attached hydrogens (primary N) is 1. The summed E-state index contributed by atoms with van der Waals surface area (Å²) in [6.45, 7) is 0. The molecule has 0 saturated heterocycles. The van der Waals surface area contributed by atoms with E-state index in [1.54, 1.807) is 27.5 Å². The fourth-order valence-corrected chi connectivity index (χ4v) is 5.67. The molecule has 9 nitrogen and oxygen atoms in total. The number of nitrogen functional groups attached to an aromatic ring is 1. The Morgan fingerprint density at radius 3 is 2.59 bits per heavy atom. The number of methoxy groups -OCH3 is 2. The third-order valence-corrected chi connectivity index (χ3v) is 7.58. The summed E-state index contributed by atoms with van der Waals surface area (Å²) in [5.41, 5.74) is 10.3. The summed E-state index contributed by atoms with van der Waals surface area (Å²) >= 11 is 1.22. The highest BCUT2D eigenvalue weighted by Gasteiger charge is 2.25. The number of amides is 1. The Labute approximate surface area is 227 Å². The number of aromatic nitrogens is 3. The minimum absolute atomic E-state index is 0.209. The van der Waals surface area contributed by atoms with Crippen LogP contribution in [0.5, 0.6) is 11.5 Å². The van der Waals surface area contributed by atoms with E-state index in [4.69, 9.17) is 24.7 Å². The summed E-state index contributed by atoms with van der Waals surface area (Å²) in [5, 5.41) is 9.31. The maximum atomic E-state index is 13.3. The fraction of sp³-hybridized carbons (Fsp3) is 0.103. The Balaban J connectivity index is 1.60. The van der Waals surface area contributed by atoms with Gasteiger partial charge < -0.3 is 15.2 Å². The standard InChI is InChI=1S/C29H23N5O4S/c1-34-15-24(38-33-34)32-28(35)27-26(30)25-21(20-12-11-17(36-2)13-23(20)37-3)14-22(31-29(25)39-27)19-10-6-8-16-7-4-5-9-18(16)19/h4-15H,1-3H3,(H2-,30,32,33,35)/p+1. The molecule has 0 aliphatic heterocycles. The van der Waals surface area contributed by atoms with Gasteiger partial charge in [0.1, 0.15) is 21.2 Å². The predicted octanol–water partition coefficient (Wildman–Crippen LogP) is 5.45. The van der Waals surface area contributed by atoms with Crippen LogP contribution in [0.3, 0.4) is 0 Å². The second-order valence-electron chi connectivity index (χ2n) is 8.87. The van der Waals surface area contributed by atoms with Crippen LogP contribution in [-0.4, -0.2) is 30.4 Å². The van der Waals surface area contributed by atoms with E-state index in [2.05, 4.69) is 28.8 Å². The zero-order chi connectivity index (χ0) is 27.1. The highest BCUT2D eigenvalue weighted by molar-refractivity contribution is 7.21. The smallest absolute Gasteiger partial charge is 0.302 e. The summed E-state index contributed by atoms with van der Waals surface area (Å²) in [6, 6.07) is 21.9. The molecule has 3 heterocycles. The van der Waals surface area contributed by atoms with Crippen molar-refractivity contribution in [3.05, 3.63) is 77.8 Å². The quantitative estimate of drug-likeness (QED) is 0.271. The Morgan fingerprint density at radius 1 is 1.00 bits per heavy atom. The molecule has 1 amide bonds. The van der Waals surface area contributed by atoms with Crippen molar-refractivity contribution in [2.24, 2.45) is 7.05 Å². The van der Waals surface area contributed by atoms with Gasteiger partial charge in [0, 0.05) is 22.6 Å². The number of ether oxygens (including phenoxy) is 2. The van der Waals surface area contributed by atoms with E-state index in [0.717, 1.165) is 33.2 Å². The number of thiophene rings is 1. The van der Waals surface area contributed by atoms with E-state index >= 15 is 0 Å². The Bertz CT molecular complexity index is 1870. The number of nitrogens with zero attached hydrogens (tertiary/aromatic N) is 3. The zero-order valence-electron chi connectivity index (χ0n) is 21.4. The van der Waals surface area contributed by atoms with Crippen LogP contribution in [0.1, 0.15) is 9.67 Å². The molecule has 0 spiro atoms. The normalized spacial score (nSPS) is 11.2. The van der Waals surface area contributed by atoms with Gasteiger partial charge in [-0.2, -0.15) is 0 Å². The molecule has 0 aliphatic carbocycles. The number of hydrogen-bond acceptors (Lipinski definition) is 8.